The molecule has 0 aliphatic heterocycles. The molecule has 0 saturated carbocycles. The van der Waals surface area contributed by atoms with Gasteiger partial charge in [-0.2, -0.15) is 12.6 Å². The third-order valence-electron chi connectivity index (χ3n) is 1.42. The van der Waals surface area contributed by atoms with Gasteiger partial charge in [-0.3, -0.25) is 0 Å². The molecule has 0 aliphatic rings. The Labute approximate surface area is 78.8 Å². The topological polar surface area (TPSA) is 26.0 Å². The Morgan fingerprint density at radius 3 is 2.27 bits per heavy atom. The molecule has 0 amide bonds. The van der Waals surface area contributed by atoms with E-state index in [1.807, 2.05) is 30.3 Å². The van der Waals surface area contributed by atoms with Crippen LogP contribution in [0.1, 0.15) is 11.6 Å². The van der Waals surface area contributed by atoms with Crippen LogP contribution in [0.2, 0.25) is 0 Å². The van der Waals surface area contributed by atoms with Crippen molar-refractivity contribution in [3.8, 4) is 0 Å². The number of hydrogen-bond acceptors (Lipinski definition) is 2. The Morgan fingerprint density at radius 1 is 1.27 bits per heavy atom. The van der Waals surface area contributed by atoms with Crippen LogP contribution >= 0.6 is 25.0 Å². The van der Waals surface area contributed by atoms with Gasteiger partial charge < -0.3 is 5.73 Å². The molecule has 11 heavy (non-hydrogen) atoms. The molecule has 1 nitrogen and oxygen atoms in total. The monoisotopic (exact) mass is 189 g/mol. The summed E-state index contributed by atoms with van der Waals surface area (Å²) in [6.07, 6.45) is 0. The first-order chi connectivity index (χ1) is 4.84. The third-order valence-corrected chi connectivity index (χ3v) is 1.82. The third kappa shape index (κ3) is 3.14. The van der Waals surface area contributed by atoms with E-state index in [4.69, 9.17) is 5.73 Å². The number of halogens is 1. The fourth-order valence-electron chi connectivity index (χ4n) is 0.806. The standard InChI is InChI=1S/C8H11NS.ClH/c9-8(6-10)7-4-2-1-3-5-7;/h1-5,8,10H,6,9H2;1H/t8-;/m1./s1. The van der Waals surface area contributed by atoms with Crippen LogP contribution in [0.15, 0.2) is 30.3 Å². The van der Waals surface area contributed by atoms with Crippen LogP contribution in [-0.4, -0.2) is 5.75 Å². The molecule has 0 spiro atoms. The lowest BCUT2D eigenvalue weighted by atomic mass is 10.1. The summed E-state index contributed by atoms with van der Waals surface area (Å²) < 4.78 is 0. The van der Waals surface area contributed by atoms with Gasteiger partial charge >= 0.3 is 0 Å². The summed E-state index contributed by atoms with van der Waals surface area (Å²) in [4.78, 5) is 0. The van der Waals surface area contributed by atoms with Crippen molar-refractivity contribution in [2.75, 3.05) is 5.75 Å². The highest BCUT2D eigenvalue weighted by Gasteiger charge is 1.99. The summed E-state index contributed by atoms with van der Waals surface area (Å²) in [7, 11) is 0. The van der Waals surface area contributed by atoms with E-state index in [0.29, 0.717) is 5.75 Å². The molecule has 0 radical (unpaired) electrons. The van der Waals surface area contributed by atoms with E-state index in [0.717, 1.165) is 5.56 Å². The van der Waals surface area contributed by atoms with E-state index in [1.165, 1.54) is 0 Å². The van der Waals surface area contributed by atoms with Crippen molar-refractivity contribution in [2.45, 2.75) is 6.04 Å². The molecule has 1 rings (SSSR count). The average Bonchev–Trinajstić information content (AvgIpc) is 2.05. The van der Waals surface area contributed by atoms with E-state index in [9.17, 15) is 0 Å². The lowest BCUT2D eigenvalue weighted by Crippen LogP contribution is -2.10. The zero-order chi connectivity index (χ0) is 7.40. The minimum atomic E-state index is 0. The zero-order valence-corrected chi connectivity index (χ0v) is 7.81. The van der Waals surface area contributed by atoms with Gasteiger partial charge in [0.2, 0.25) is 0 Å². The lowest BCUT2D eigenvalue weighted by Gasteiger charge is -2.06. The lowest BCUT2D eigenvalue weighted by molar-refractivity contribution is 0.834. The van der Waals surface area contributed by atoms with Crippen LogP contribution in [0, 0.1) is 0 Å². The van der Waals surface area contributed by atoms with Gasteiger partial charge in [-0.25, -0.2) is 0 Å². The molecule has 1 atom stereocenters. The van der Waals surface area contributed by atoms with E-state index in [2.05, 4.69) is 12.6 Å². The first-order valence-corrected chi connectivity index (χ1v) is 3.89. The van der Waals surface area contributed by atoms with Crippen LogP contribution < -0.4 is 5.73 Å². The van der Waals surface area contributed by atoms with Crippen molar-refractivity contribution in [2.24, 2.45) is 5.73 Å². The minimum Gasteiger partial charge on any atom is -0.323 e. The average molecular weight is 190 g/mol. The number of benzene rings is 1. The summed E-state index contributed by atoms with van der Waals surface area (Å²) in [5.41, 5.74) is 6.87. The molecule has 0 unspecified atom stereocenters. The van der Waals surface area contributed by atoms with Crippen molar-refractivity contribution < 1.29 is 0 Å². The fraction of sp³-hybridized carbons (Fsp3) is 0.250. The molecular weight excluding hydrogens is 178 g/mol. The zero-order valence-electron chi connectivity index (χ0n) is 6.10. The van der Waals surface area contributed by atoms with Crippen molar-refractivity contribution in [1.82, 2.24) is 0 Å². The van der Waals surface area contributed by atoms with Gasteiger partial charge in [-0.05, 0) is 5.56 Å². The second-order valence-corrected chi connectivity index (χ2v) is 2.56. The van der Waals surface area contributed by atoms with Crippen molar-refractivity contribution in [3.05, 3.63) is 35.9 Å². The second kappa shape index (κ2) is 5.47. The van der Waals surface area contributed by atoms with Crippen LogP contribution in [0.25, 0.3) is 0 Å². The number of rotatable bonds is 2. The molecule has 1 aromatic carbocycles. The molecule has 2 N–H and O–H groups in total. The molecule has 0 aliphatic carbocycles. The number of nitrogens with two attached hydrogens (primary N) is 1. The predicted octanol–water partition coefficient (Wildman–Crippen LogP) is 2.04. The second-order valence-electron chi connectivity index (χ2n) is 2.20. The smallest absolute Gasteiger partial charge is 0.0384 e. The first kappa shape index (κ1) is 10.8. The van der Waals surface area contributed by atoms with E-state index >= 15 is 0 Å². The Morgan fingerprint density at radius 2 is 1.82 bits per heavy atom. The van der Waals surface area contributed by atoms with Crippen LogP contribution in [0.5, 0.6) is 0 Å². The largest absolute Gasteiger partial charge is 0.323 e. The maximum absolute atomic E-state index is 5.72. The Kier molecular flexibility index (Phi) is 5.38. The van der Waals surface area contributed by atoms with Gasteiger partial charge in [0.15, 0.2) is 0 Å². The Balaban J connectivity index is 0.000001000. The molecule has 0 heterocycles. The summed E-state index contributed by atoms with van der Waals surface area (Å²) in [6.45, 7) is 0. The van der Waals surface area contributed by atoms with Gasteiger partial charge in [0.25, 0.3) is 0 Å². The van der Waals surface area contributed by atoms with Crippen molar-refractivity contribution in [1.29, 1.82) is 0 Å². The summed E-state index contributed by atoms with van der Waals surface area (Å²) in [5.74, 6) is 0.698. The molecule has 0 fully saturated rings. The highest BCUT2D eigenvalue weighted by Crippen LogP contribution is 2.09. The summed E-state index contributed by atoms with van der Waals surface area (Å²) in [6, 6.07) is 10.1. The Bertz CT molecular complexity index is 191. The Hall–Kier alpha value is -0.180. The normalized spacial score (nSPS) is 11.8. The van der Waals surface area contributed by atoms with Crippen molar-refractivity contribution >= 4 is 25.0 Å². The summed E-state index contributed by atoms with van der Waals surface area (Å²) in [5, 5.41) is 0. The highest BCUT2D eigenvalue weighted by molar-refractivity contribution is 7.80. The summed E-state index contributed by atoms with van der Waals surface area (Å²) >= 11 is 4.10. The van der Waals surface area contributed by atoms with Gasteiger partial charge in [0.05, 0.1) is 0 Å². The van der Waals surface area contributed by atoms with Crippen molar-refractivity contribution in [3.63, 3.8) is 0 Å². The first-order valence-electron chi connectivity index (χ1n) is 3.26. The molecule has 0 saturated heterocycles. The van der Waals surface area contributed by atoms with Gasteiger partial charge in [0, 0.05) is 11.8 Å². The van der Waals surface area contributed by atoms with E-state index in [1.54, 1.807) is 0 Å². The maximum atomic E-state index is 5.72. The molecule has 0 aromatic heterocycles. The van der Waals surface area contributed by atoms with E-state index < -0.39 is 0 Å². The quantitative estimate of drug-likeness (QED) is 0.685. The van der Waals surface area contributed by atoms with Crippen LogP contribution in [0.4, 0.5) is 0 Å². The molecule has 3 heteroatoms. The minimum absolute atomic E-state index is 0. The highest BCUT2D eigenvalue weighted by atomic mass is 35.5. The maximum Gasteiger partial charge on any atom is 0.0384 e. The van der Waals surface area contributed by atoms with E-state index in [-0.39, 0.29) is 18.4 Å². The van der Waals surface area contributed by atoms with Gasteiger partial charge in [0.1, 0.15) is 0 Å². The van der Waals surface area contributed by atoms with Gasteiger partial charge in [-0.15, -0.1) is 12.4 Å². The molecular formula is C8H12ClNS. The van der Waals surface area contributed by atoms with Crippen LogP contribution in [-0.2, 0) is 0 Å². The van der Waals surface area contributed by atoms with Gasteiger partial charge in [-0.1, -0.05) is 30.3 Å². The molecule has 62 valence electrons. The molecule has 1 aromatic rings. The molecule has 0 bridgehead atoms. The fourth-order valence-corrected chi connectivity index (χ4v) is 1.02. The predicted molar refractivity (Wildman–Crippen MR) is 54.5 cm³/mol. The number of thiol groups is 1. The SMILES string of the molecule is Cl.N[C@H](CS)c1ccccc1. The van der Waals surface area contributed by atoms with Crippen LogP contribution in [0.3, 0.4) is 0 Å². The number of hydrogen-bond donors (Lipinski definition) is 2.